The van der Waals surface area contributed by atoms with E-state index in [1.165, 1.54) is 17.7 Å². The SMILES string of the molecule is NS(=O)(=O)c1ccc(CN2NCC(C(=O)NCC3CCN(Cc4ccccc4)CC3)N2)cc1. The molecule has 0 bridgehead atoms. The van der Waals surface area contributed by atoms with Crippen LogP contribution in [0.1, 0.15) is 24.0 Å². The van der Waals surface area contributed by atoms with Crippen LogP contribution in [0.2, 0.25) is 0 Å². The van der Waals surface area contributed by atoms with Crippen molar-refractivity contribution in [2.24, 2.45) is 11.1 Å². The minimum atomic E-state index is -3.70. The topological polar surface area (TPSA) is 120 Å². The van der Waals surface area contributed by atoms with Crippen molar-refractivity contribution in [1.82, 2.24) is 26.2 Å². The number of hydrogen-bond acceptors (Lipinski definition) is 7. The van der Waals surface area contributed by atoms with Gasteiger partial charge in [0.1, 0.15) is 6.04 Å². The highest BCUT2D eigenvalue weighted by Gasteiger charge is 2.28. The highest BCUT2D eigenvalue weighted by Crippen LogP contribution is 2.18. The first-order valence-electron chi connectivity index (χ1n) is 11.3. The summed E-state index contributed by atoms with van der Waals surface area (Å²) in [5.74, 6) is 0.491. The molecule has 2 saturated heterocycles. The lowest BCUT2D eigenvalue weighted by Gasteiger charge is -2.32. The van der Waals surface area contributed by atoms with E-state index in [2.05, 4.69) is 45.3 Å². The summed E-state index contributed by atoms with van der Waals surface area (Å²) in [7, 11) is -3.70. The third-order valence-corrected chi connectivity index (χ3v) is 7.16. The van der Waals surface area contributed by atoms with Crippen molar-refractivity contribution in [1.29, 1.82) is 0 Å². The Labute approximate surface area is 195 Å². The van der Waals surface area contributed by atoms with Gasteiger partial charge < -0.3 is 5.32 Å². The van der Waals surface area contributed by atoms with Crippen LogP contribution in [0.15, 0.2) is 59.5 Å². The van der Waals surface area contributed by atoms with E-state index in [0.717, 1.165) is 38.0 Å². The van der Waals surface area contributed by atoms with Crippen LogP contribution in [0, 0.1) is 5.92 Å². The molecule has 4 rings (SSSR count). The first-order valence-corrected chi connectivity index (χ1v) is 12.8. The Kier molecular flexibility index (Phi) is 7.74. The van der Waals surface area contributed by atoms with Crippen LogP contribution in [0.25, 0.3) is 0 Å². The smallest absolute Gasteiger partial charge is 0.239 e. The lowest BCUT2D eigenvalue weighted by Crippen LogP contribution is -2.47. The van der Waals surface area contributed by atoms with Gasteiger partial charge in [-0.1, -0.05) is 42.5 Å². The Hall–Kier alpha value is -2.34. The molecule has 2 aliphatic rings. The summed E-state index contributed by atoms with van der Waals surface area (Å²) in [6.07, 6.45) is 2.17. The number of likely N-dealkylation sites (tertiary alicyclic amines) is 1. The fourth-order valence-corrected chi connectivity index (χ4v) is 4.77. The zero-order valence-corrected chi connectivity index (χ0v) is 19.4. The Balaban J connectivity index is 1.16. The summed E-state index contributed by atoms with van der Waals surface area (Å²) in [6, 6.07) is 16.6. The molecule has 9 nitrogen and oxygen atoms in total. The summed E-state index contributed by atoms with van der Waals surface area (Å²) in [5.41, 5.74) is 8.56. The number of piperidine rings is 1. The molecule has 1 unspecified atom stereocenters. The summed E-state index contributed by atoms with van der Waals surface area (Å²) in [4.78, 5) is 15.2. The van der Waals surface area contributed by atoms with E-state index in [4.69, 9.17) is 5.14 Å². The molecule has 33 heavy (non-hydrogen) atoms. The maximum absolute atomic E-state index is 12.6. The number of carbonyl (C=O) groups is 1. The number of nitrogens with one attached hydrogen (secondary N) is 3. The normalized spacial score (nSPS) is 20.7. The standard InChI is InChI=1S/C23H32N6O3S/c24-33(31,32)21-8-6-20(7-9-21)17-29-26-15-22(27-29)23(30)25-14-18-10-12-28(13-11-18)16-19-4-2-1-3-5-19/h1-9,18,22,26-27H,10-17H2,(H,25,30)(H2,24,31,32). The fourth-order valence-electron chi connectivity index (χ4n) is 4.26. The molecular formula is C23H32N6O3S. The van der Waals surface area contributed by atoms with Gasteiger partial charge in [0, 0.05) is 19.6 Å². The summed E-state index contributed by atoms with van der Waals surface area (Å²) in [5, 5.41) is 9.98. The van der Waals surface area contributed by atoms with E-state index >= 15 is 0 Å². The Morgan fingerprint density at radius 3 is 2.33 bits per heavy atom. The van der Waals surface area contributed by atoms with Crippen LogP contribution >= 0.6 is 0 Å². The Bertz CT molecular complexity index is 1020. The van der Waals surface area contributed by atoms with Crippen LogP contribution in [-0.4, -0.2) is 56.6 Å². The molecule has 2 aromatic rings. The van der Waals surface area contributed by atoms with E-state index in [1.54, 1.807) is 17.3 Å². The van der Waals surface area contributed by atoms with Gasteiger partial charge in [-0.25, -0.2) is 24.4 Å². The minimum absolute atomic E-state index is 0.0127. The van der Waals surface area contributed by atoms with Crippen LogP contribution in [-0.2, 0) is 27.9 Å². The zero-order chi connectivity index (χ0) is 23.3. The Morgan fingerprint density at radius 1 is 1.00 bits per heavy atom. The van der Waals surface area contributed by atoms with Crippen molar-refractivity contribution < 1.29 is 13.2 Å². The van der Waals surface area contributed by atoms with Gasteiger partial charge in [0.2, 0.25) is 15.9 Å². The van der Waals surface area contributed by atoms with Crippen molar-refractivity contribution in [2.45, 2.75) is 36.9 Å². The summed E-state index contributed by atoms with van der Waals surface area (Å²) >= 11 is 0. The molecule has 0 aliphatic carbocycles. The molecular weight excluding hydrogens is 440 g/mol. The molecule has 2 heterocycles. The summed E-state index contributed by atoms with van der Waals surface area (Å²) in [6.45, 7) is 4.77. The molecule has 1 amide bonds. The number of hydrazine groups is 2. The monoisotopic (exact) mass is 472 g/mol. The molecule has 10 heteroatoms. The summed E-state index contributed by atoms with van der Waals surface area (Å²) < 4.78 is 22.7. The molecule has 0 radical (unpaired) electrons. The van der Waals surface area contributed by atoms with E-state index in [0.29, 0.717) is 25.6 Å². The van der Waals surface area contributed by atoms with E-state index in [9.17, 15) is 13.2 Å². The third kappa shape index (κ3) is 6.83. The van der Waals surface area contributed by atoms with Crippen molar-refractivity contribution in [3.8, 4) is 0 Å². The Morgan fingerprint density at radius 2 is 1.67 bits per heavy atom. The number of rotatable bonds is 8. The van der Waals surface area contributed by atoms with Crippen LogP contribution < -0.4 is 21.3 Å². The number of hydrogen-bond donors (Lipinski definition) is 4. The number of carbonyl (C=O) groups excluding carboxylic acids is 1. The molecule has 2 aliphatic heterocycles. The number of sulfonamides is 1. The maximum atomic E-state index is 12.6. The van der Waals surface area contributed by atoms with E-state index in [-0.39, 0.29) is 16.8 Å². The molecule has 5 N–H and O–H groups in total. The first-order chi connectivity index (χ1) is 15.9. The van der Waals surface area contributed by atoms with Gasteiger partial charge in [-0.15, -0.1) is 0 Å². The molecule has 1 atom stereocenters. The lowest BCUT2D eigenvalue weighted by atomic mass is 9.96. The number of nitrogens with two attached hydrogens (primary N) is 1. The molecule has 0 saturated carbocycles. The largest absolute Gasteiger partial charge is 0.354 e. The second kappa shape index (κ2) is 10.7. The number of amides is 1. The van der Waals surface area contributed by atoms with Crippen molar-refractivity contribution >= 4 is 15.9 Å². The first kappa shape index (κ1) is 23.8. The van der Waals surface area contributed by atoms with Crippen molar-refractivity contribution in [3.63, 3.8) is 0 Å². The quantitative estimate of drug-likeness (QED) is 0.443. The van der Waals surface area contributed by atoms with Gasteiger partial charge in [0.15, 0.2) is 0 Å². The predicted molar refractivity (Wildman–Crippen MR) is 126 cm³/mol. The average molecular weight is 473 g/mol. The predicted octanol–water partition coefficient (Wildman–Crippen LogP) is 0.556. The number of nitrogens with zero attached hydrogens (tertiary/aromatic N) is 2. The highest BCUT2D eigenvalue weighted by atomic mass is 32.2. The zero-order valence-electron chi connectivity index (χ0n) is 18.6. The van der Waals surface area contributed by atoms with Gasteiger partial charge in [0.25, 0.3) is 0 Å². The van der Waals surface area contributed by atoms with Crippen molar-refractivity contribution in [2.75, 3.05) is 26.2 Å². The maximum Gasteiger partial charge on any atom is 0.239 e. The number of primary sulfonamides is 1. The lowest BCUT2D eigenvalue weighted by molar-refractivity contribution is -0.123. The van der Waals surface area contributed by atoms with Gasteiger partial charge in [-0.05, 0) is 55.1 Å². The highest BCUT2D eigenvalue weighted by molar-refractivity contribution is 7.89. The number of benzene rings is 2. The van der Waals surface area contributed by atoms with Gasteiger partial charge in [-0.2, -0.15) is 5.12 Å². The molecule has 0 aromatic heterocycles. The van der Waals surface area contributed by atoms with E-state index in [1.807, 2.05) is 6.07 Å². The van der Waals surface area contributed by atoms with E-state index < -0.39 is 10.0 Å². The van der Waals surface area contributed by atoms with Gasteiger partial charge in [-0.3, -0.25) is 9.69 Å². The van der Waals surface area contributed by atoms with Gasteiger partial charge in [0.05, 0.1) is 11.4 Å². The van der Waals surface area contributed by atoms with Crippen molar-refractivity contribution in [3.05, 3.63) is 65.7 Å². The van der Waals surface area contributed by atoms with Crippen LogP contribution in [0.3, 0.4) is 0 Å². The fraction of sp³-hybridized carbons (Fsp3) is 0.435. The van der Waals surface area contributed by atoms with Crippen LogP contribution in [0.5, 0.6) is 0 Å². The molecule has 2 aromatic carbocycles. The van der Waals surface area contributed by atoms with Gasteiger partial charge >= 0.3 is 0 Å². The second-order valence-electron chi connectivity index (χ2n) is 8.77. The second-order valence-corrected chi connectivity index (χ2v) is 10.3. The van der Waals surface area contributed by atoms with Crippen LogP contribution in [0.4, 0.5) is 0 Å². The molecule has 0 spiro atoms. The molecule has 178 valence electrons. The minimum Gasteiger partial charge on any atom is -0.354 e. The third-order valence-electron chi connectivity index (χ3n) is 6.23. The molecule has 2 fully saturated rings. The average Bonchev–Trinajstić information content (AvgIpc) is 3.27.